The van der Waals surface area contributed by atoms with Crippen molar-refractivity contribution < 1.29 is 19.4 Å². The molecule has 0 aliphatic rings. The Morgan fingerprint density at radius 1 is 0.821 bits per heavy atom. The van der Waals surface area contributed by atoms with Crippen LogP contribution in [0.1, 0.15) is 110 Å². The van der Waals surface area contributed by atoms with Gasteiger partial charge in [0.15, 0.2) is 0 Å². The van der Waals surface area contributed by atoms with Gasteiger partial charge in [0.05, 0.1) is 13.2 Å². The average Bonchev–Trinajstić information content (AvgIpc) is 2.70. The number of ether oxygens (including phenoxy) is 2. The van der Waals surface area contributed by atoms with Gasteiger partial charge in [0.2, 0.25) is 0 Å². The van der Waals surface area contributed by atoms with Gasteiger partial charge in [-0.2, -0.15) is 0 Å². The largest absolute Gasteiger partial charge is 0.457 e. The average molecular weight is 399 g/mol. The Bertz CT molecular complexity index is 355. The number of esters is 1. The van der Waals surface area contributed by atoms with Crippen LogP contribution in [0.25, 0.3) is 0 Å². The van der Waals surface area contributed by atoms with Crippen molar-refractivity contribution in [2.75, 3.05) is 19.8 Å². The number of carbonyl (C=O) groups excluding carboxylic acids is 1. The molecule has 0 aromatic heterocycles. The summed E-state index contributed by atoms with van der Waals surface area (Å²) in [6, 6.07) is 0. The quantitative estimate of drug-likeness (QED) is 0.139. The van der Waals surface area contributed by atoms with Crippen LogP contribution in [0, 0.1) is 0 Å². The highest BCUT2D eigenvalue weighted by Gasteiger charge is 2.13. The number of unbranched alkanes of at least 4 members (excludes halogenated alkanes) is 11. The van der Waals surface area contributed by atoms with E-state index in [0.29, 0.717) is 19.6 Å². The van der Waals surface area contributed by atoms with E-state index in [-0.39, 0.29) is 12.6 Å². The van der Waals surface area contributed by atoms with Crippen LogP contribution < -0.4 is 0 Å². The minimum absolute atomic E-state index is 0.173. The normalized spacial score (nSPS) is 12.5. The Morgan fingerprint density at radius 2 is 1.46 bits per heavy atom. The van der Waals surface area contributed by atoms with Gasteiger partial charge >= 0.3 is 5.97 Å². The van der Waals surface area contributed by atoms with Crippen LogP contribution >= 0.6 is 0 Å². The van der Waals surface area contributed by atoms with E-state index < -0.39 is 6.10 Å². The summed E-state index contributed by atoms with van der Waals surface area (Å²) >= 11 is 0. The maximum Gasteiger partial charge on any atom is 0.306 e. The third-order valence-electron chi connectivity index (χ3n) is 4.82. The van der Waals surface area contributed by atoms with Crippen molar-refractivity contribution in [1.29, 1.82) is 0 Å². The first kappa shape index (κ1) is 27.1. The molecule has 4 heteroatoms. The standard InChI is InChI=1S/C24H46O4/c1-3-5-7-9-11-12-13-14-15-17-19-24(26)28-23(21-25)22-27-20-18-16-10-8-6-4-2/h7,9,23,25H,3-6,8,10-22H2,1-2H3/b9-7-. The van der Waals surface area contributed by atoms with Crippen molar-refractivity contribution in [3.63, 3.8) is 0 Å². The van der Waals surface area contributed by atoms with Crippen molar-refractivity contribution >= 4 is 5.97 Å². The molecule has 1 atom stereocenters. The van der Waals surface area contributed by atoms with Crippen molar-refractivity contribution in [2.24, 2.45) is 0 Å². The lowest BCUT2D eigenvalue weighted by Gasteiger charge is -2.15. The maximum absolute atomic E-state index is 11.9. The summed E-state index contributed by atoms with van der Waals surface area (Å²) in [7, 11) is 0. The molecular weight excluding hydrogens is 352 g/mol. The summed E-state index contributed by atoms with van der Waals surface area (Å²) < 4.78 is 10.9. The fraction of sp³-hybridized carbons (Fsp3) is 0.875. The second-order valence-electron chi connectivity index (χ2n) is 7.70. The molecule has 0 amide bonds. The van der Waals surface area contributed by atoms with Gasteiger partial charge in [-0.15, -0.1) is 0 Å². The molecular formula is C24H46O4. The topological polar surface area (TPSA) is 55.8 Å². The maximum atomic E-state index is 11.9. The first-order valence-corrected chi connectivity index (χ1v) is 11.8. The van der Waals surface area contributed by atoms with E-state index >= 15 is 0 Å². The summed E-state index contributed by atoms with van der Waals surface area (Å²) in [5.74, 6) is -0.218. The highest BCUT2D eigenvalue weighted by molar-refractivity contribution is 5.69. The van der Waals surface area contributed by atoms with Crippen molar-refractivity contribution in [3.8, 4) is 0 Å². The number of rotatable bonds is 21. The van der Waals surface area contributed by atoms with Crippen LogP contribution in [0.5, 0.6) is 0 Å². The molecule has 166 valence electrons. The van der Waals surface area contributed by atoms with E-state index in [1.807, 2.05) is 0 Å². The highest BCUT2D eigenvalue weighted by Crippen LogP contribution is 2.10. The minimum atomic E-state index is -0.525. The highest BCUT2D eigenvalue weighted by atomic mass is 16.6. The summed E-state index contributed by atoms with van der Waals surface area (Å²) in [6.45, 7) is 5.21. The van der Waals surface area contributed by atoms with E-state index in [9.17, 15) is 9.90 Å². The molecule has 0 spiro atoms. The molecule has 0 fully saturated rings. The molecule has 0 radical (unpaired) electrons. The van der Waals surface area contributed by atoms with Crippen LogP contribution in [0.2, 0.25) is 0 Å². The van der Waals surface area contributed by atoms with Gasteiger partial charge in [0.1, 0.15) is 6.10 Å². The molecule has 28 heavy (non-hydrogen) atoms. The fourth-order valence-electron chi connectivity index (χ4n) is 3.03. The van der Waals surface area contributed by atoms with Gasteiger partial charge in [-0.3, -0.25) is 4.79 Å². The predicted molar refractivity (Wildman–Crippen MR) is 118 cm³/mol. The number of hydrogen-bond donors (Lipinski definition) is 1. The lowest BCUT2D eigenvalue weighted by atomic mass is 10.1. The smallest absolute Gasteiger partial charge is 0.306 e. The molecule has 0 heterocycles. The molecule has 0 bridgehead atoms. The Kier molecular flexibility index (Phi) is 21.7. The molecule has 0 saturated carbocycles. The molecule has 0 saturated heterocycles. The van der Waals surface area contributed by atoms with Crippen molar-refractivity contribution in [3.05, 3.63) is 12.2 Å². The summed E-state index contributed by atoms with van der Waals surface area (Å²) in [4.78, 5) is 11.9. The lowest BCUT2D eigenvalue weighted by molar-refractivity contribution is -0.154. The zero-order chi connectivity index (χ0) is 20.7. The van der Waals surface area contributed by atoms with Gasteiger partial charge in [-0.25, -0.2) is 0 Å². The molecule has 1 unspecified atom stereocenters. The monoisotopic (exact) mass is 398 g/mol. The van der Waals surface area contributed by atoms with Crippen molar-refractivity contribution in [1.82, 2.24) is 0 Å². The molecule has 0 aliphatic heterocycles. The number of allylic oxidation sites excluding steroid dienone is 2. The fourth-order valence-corrected chi connectivity index (χ4v) is 3.03. The van der Waals surface area contributed by atoms with E-state index in [2.05, 4.69) is 26.0 Å². The van der Waals surface area contributed by atoms with E-state index in [4.69, 9.17) is 9.47 Å². The molecule has 1 N–H and O–H groups in total. The van der Waals surface area contributed by atoms with Gasteiger partial charge in [-0.05, 0) is 32.1 Å². The Balaban J connectivity index is 3.51. The third kappa shape index (κ3) is 19.9. The third-order valence-corrected chi connectivity index (χ3v) is 4.82. The Morgan fingerprint density at radius 3 is 2.18 bits per heavy atom. The Hall–Kier alpha value is -0.870. The molecule has 0 rings (SSSR count). The van der Waals surface area contributed by atoms with Gasteiger partial charge in [-0.1, -0.05) is 83.8 Å². The summed E-state index contributed by atoms with van der Waals surface area (Å²) in [5.41, 5.74) is 0. The molecule has 0 aliphatic carbocycles. The number of aliphatic hydroxyl groups is 1. The van der Waals surface area contributed by atoms with Gasteiger partial charge in [0.25, 0.3) is 0 Å². The van der Waals surface area contributed by atoms with E-state index in [0.717, 1.165) is 19.3 Å². The van der Waals surface area contributed by atoms with Crippen LogP contribution in [0.15, 0.2) is 12.2 Å². The second kappa shape index (κ2) is 22.4. The first-order chi connectivity index (χ1) is 13.7. The minimum Gasteiger partial charge on any atom is -0.457 e. The Labute approximate surface area is 174 Å². The van der Waals surface area contributed by atoms with Crippen LogP contribution in [-0.2, 0) is 14.3 Å². The number of aliphatic hydroxyl groups excluding tert-OH is 1. The second-order valence-corrected chi connectivity index (χ2v) is 7.70. The molecule has 4 nitrogen and oxygen atoms in total. The van der Waals surface area contributed by atoms with Crippen LogP contribution in [0.4, 0.5) is 0 Å². The van der Waals surface area contributed by atoms with Gasteiger partial charge < -0.3 is 14.6 Å². The summed E-state index contributed by atoms with van der Waals surface area (Å²) in [5, 5.41) is 9.36. The van der Waals surface area contributed by atoms with Crippen molar-refractivity contribution in [2.45, 2.75) is 116 Å². The number of carbonyl (C=O) groups is 1. The predicted octanol–water partition coefficient (Wildman–Crippen LogP) is 6.35. The van der Waals surface area contributed by atoms with E-state index in [1.165, 1.54) is 70.6 Å². The zero-order valence-electron chi connectivity index (χ0n) is 18.6. The van der Waals surface area contributed by atoms with Crippen LogP contribution in [-0.4, -0.2) is 37.0 Å². The SMILES string of the molecule is CCC/C=C\CCCCCCCC(=O)OC(CO)COCCCCCCCC. The summed E-state index contributed by atoms with van der Waals surface area (Å²) in [6.07, 6.45) is 20.9. The zero-order valence-corrected chi connectivity index (χ0v) is 18.6. The molecule has 0 aromatic carbocycles. The van der Waals surface area contributed by atoms with E-state index in [1.54, 1.807) is 0 Å². The van der Waals surface area contributed by atoms with Gasteiger partial charge in [0, 0.05) is 13.0 Å². The molecule has 0 aromatic rings. The number of hydrogen-bond acceptors (Lipinski definition) is 4. The van der Waals surface area contributed by atoms with Crippen LogP contribution in [0.3, 0.4) is 0 Å². The first-order valence-electron chi connectivity index (χ1n) is 11.8. The lowest BCUT2D eigenvalue weighted by Crippen LogP contribution is -2.27.